The number of rotatable bonds is 6. The van der Waals surface area contributed by atoms with Crippen molar-refractivity contribution in [2.75, 3.05) is 5.32 Å². The predicted molar refractivity (Wildman–Crippen MR) is 111 cm³/mol. The summed E-state index contributed by atoms with van der Waals surface area (Å²) in [7, 11) is 0. The molecule has 0 radical (unpaired) electrons. The summed E-state index contributed by atoms with van der Waals surface area (Å²) in [5.41, 5.74) is 0.287. The fourth-order valence-corrected chi connectivity index (χ4v) is 3.51. The number of nitrogens with one attached hydrogen (secondary N) is 1. The molecule has 0 aliphatic carbocycles. The first-order valence-corrected chi connectivity index (χ1v) is 9.49. The number of hydrogen-bond donors (Lipinski definition) is 2. The minimum absolute atomic E-state index is 0.0377. The smallest absolute Gasteiger partial charge is 0.338 e. The Labute approximate surface area is 177 Å². The van der Waals surface area contributed by atoms with Gasteiger partial charge in [-0.2, -0.15) is 0 Å². The largest absolute Gasteiger partial charge is 0.457 e. The number of carbonyl (C=O) groups is 2. The number of fused-ring (bicyclic) bond motifs is 1. The molecule has 0 aromatic heterocycles. The Hall–Kier alpha value is -4.04. The summed E-state index contributed by atoms with van der Waals surface area (Å²) in [6.45, 7) is 0.120. The number of amides is 1. The van der Waals surface area contributed by atoms with E-state index in [-0.39, 0.29) is 24.3 Å². The number of ether oxygens (including phenoxy) is 1. The number of benzene rings is 3. The van der Waals surface area contributed by atoms with Gasteiger partial charge in [-0.05, 0) is 41.5 Å². The first-order chi connectivity index (χ1) is 14.9. The topological polar surface area (TPSA) is 119 Å². The minimum atomic E-state index is -1.98. The van der Waals surface area contributed by atoms with Crippen molar-refractivity contribution in [2.24, 2.45) is 0 Å². The highest BCUT2D eigenvalue weighted by Crippen LogP contribution is 2.30. The first kappa shape index (κ1) is 20.2. The van der Waals surface area contributed by atoms with Crippen LogP contribution in [0.25, 0.3) is 0 Å². The van der Waals surface area contributed by atoms with E-state index in [9.17, 15) is 24.8 Å². The second-order valence-electron chi connectivity index (χ2n) is 7.23. The molecule has 1 amide bonds. The quantitative estimate of drug-likeness (QED) is 0.360. The molecule has 1 heterocycles. The summed E-state index contributed by atoms with van der Waals surface area (Å²) < 4.78 is 4.97. The average Bonchev–Trinajstić information content (AvgIpc) is 3.14. The van der Waals surface area contributed by atoms with E-state index in [1.165, 1.54) is 24.3 Å². The van der Waals surface area contributed by atoms with Crippen molar-refractivity contribution in [3.8, 4) is 0 Å². The van der Waals surface area contributed by atoms with Crippen LogP contribution < -0.4 is 5.32 Å². The molecule has 0 bridgehead atoms. The standard InChI is InChI=1S/C23H18N2O6/c26-21-20-11-8-18(12-16(20)14-31-21)24-22(27)23(28,13-15-4-2-1-3-5-15)17-6-9-19(10-7-17)25(29)30/h1-12,28H,13-14H2,(H,24,27). The monoisotopic (exact) mass is 418 g/mol. The normalized spacial score (nSPS) is 14.3. The van der Waals surface area contributed by atoms with E-state index in [1.807, 2.05) is 6.07 Å². The van der Waals surface area contributed by atoms with E-state index in [2.05, 4.69) is 5.32 Å². The third kappa shape index (κ3) is 4.01. The third-order valence-electron chi connectivity index (χ3n) is 5.18. The Morgan fingerprint density at radius 2 is 1.81 bits per heavy atom. The van der Waals surface area contributed by atoms with Gasteiger partial charge in [-0.25, -0.2) is 4.79 Å². The molecule has 0 saturated heterocycles. The average molecular weight is 418 g/mol. The van der Waals surface area contributed by atoms with Crippen molar-refractivity contribution in [1.82, 2.24) is 0 Å². The lowest BCUT2D eigenvalue weighted by atomic mass is 9.86. The van der Waals surface area contributed by atoms with Gasteiger partial charge >= 0.3 is 5.97 Å². The number of anilines is 1. The maximum atomic E-state index is 13.2. The van der Waals surface area contributed by atoms with Crippen LogP contribution in [0.2, 0.25) is 0 Å². The summed E-state index contributed by atoms with van der Waals surface area (Å²) in [6.07, 6.45) is -0.0377. The summed E-state index contributed by atoms with van der Waals surface area (Å²) >= 11 is 0. The highest BCUT2D eigenvalue weighted by molar-refractivity contribution is 5.99. The van der Waals surface area contributed by atoms with Crippen molar-refractivity contribution in [3.05, 3.63) is 105 Å². The second kappa shape index (κ2) is 8.00. The number of non-ortho nitro benzene ring substituents is 1. The van der Waals surface area contributed by atoms with E-state index in [0.29, 0.717) is 22.4 Å². The fourth-order valence-electron chi connectivity index (χ4n) is 3.51. The van der Waals surface area contributed by atoms with Crippen LogP contribution in [0, 0.1) is 10.1 Å². The van der Waals surface area contributed by atoms with Crippen molar-refractivity contribution in [2.45, 2.75) is 18.6 Å². The number of esters is 1. The van der Waals surface area contributed by atoms with Gasteiger partial charge in [0.05, 0.1) is 10.5 Å². The molecule has 8 nitrogen and oxygen atoms in total. The Morgan fingerprint density at radius 3 is 2.48 bits per heavy atom. The van der Waals surface area contributed by atoms with Gasteiger partial charge in [0.1, 0.15) is 6.61 Å². The number of hydrogen-bond acceptors (Lipinski definition) is 6. The molecule has 3 aromatic rings. The maximum absolute atomic E-state index is 13.2. The number of nitro groups is 1. The molecule has 1 unspecified atom stereocenters. The van der Waals surface area contributed by atoms with Gasteiger partial charge in [-0.1, -0.05) is 30.3 Å². The molecule has 8 heteroatoms. The highest BCUT2D eigenvalue weighted by Gasteiger charge is 2.38. The summed E-state index contributed by atoms with van der Waals surface area (Å²) in [6, 6.07) is 18.9. The van der Waals surface area contributed by atoms with E-state index in [4.69, 9.17) is 4.74 Å². The lowest BCUT2D eigenvalue weighted by Gasteiger charge is -2.28. The molecule has 0 spiro atoms. The number of nitrogens with zero attached hydrogens (tertiary/aromatic N) is 1. The van der Waals surface area contributed by atoms with Crippen LogP contribution in [-0.2, 0) is 28.2 Å². The van der Waals surface area contributed by atoms with Gasteiger partial charge in [0.2, 0.25) is 0 Å². The lowest BCUT2D eigenvalue weighted by Crippen LogP contribution is -2.42. The SMILES string of the molecule is O=C1OCc2cc(NC(=O)C(O)(Cc3ccccc3)c3ccc([N+](=O)[O-])cc3)ccc21. The van der Waals surface area contributed by atoms with Gasteiger partial charge in [0, 0.05) is 29.8 Å². The van der Waals surface area contributed by atoms with E-state index in [0.717, 1.165) is 0 Å². The van der Waals surface area contributed by atoms with Crippen molar-refractivity contribution in [1.29, 1.82) is 0 Å². The Balaban J connectivity index is 1.67. The number of carbonyl (C=O) groups excluding carboxylic acids is 2. The molecule has 2 N–H and O–H groups in total. The summed E-state index contributed by atoms with van der Waals surface area (Å²) in [5, 5.41) is 25.1. The van der Waals surface area contributed by atoms with Gasteiger partial charge in [-0.15, -0.1) is 0 Å². The predicted octanol–water partition coefficient (Wildman–Crippen LogP) is 3.33. The van der Waals surface area contributed by atoms with Crippen LogP contribution >= 0.6 is 0 Å². The molecule has 0 fully saturated rings. The van der Waals surface area contributed by atoms with Crippen molar-refractivity contribution >= 4 is 23.3 Å². The molecule has 3 aromatic carbocycles. The highest BCUT2D eigenvalue weighted by atomic mass is 16.6. The van der Waals surface area contributed by atoms with Gasteiger partial charge < -0.3 is 15.2 Å². The number of cyclic esters (lactones) is 1. The maximum Gasteiger partial charge on any atom is 0.338 e. The number of nitro benzene ring substituents is 1. The van der Waals surface area contributed by atoms with Crippen molar-refractivity contribution in [3.63, 3.8) is 0 Å². The third-order valence-corrected chi connectivity index (χ3v) is 5.18. The molecule has 1 atom stereocenters. The van der Waals surface area contributed by atoms with Crippen LogP contribution in [0.4, 0.5) is 11.4 Å². The molecule has 156 valence electrons. The van der Waals surface area contributed by atoms with Crippen LogP contribution in [0.3, 0.4) is 0 Å². The zero-order valence-corrected chi connectivity index (χ0v) is 16.3. The van der Waals surface area contributed by atoms with Crippen LogP contribution in [-0.4, -0.2) is 21.9 Å². The van der Waals surface area contributed by atoms with Crippen LogP contribution in [0.1, 0.15) is 27.0 Å². The zero-order valence-electron chi connectivity index (χ0n) is 16.3. The molecular formula is C23H18N2O6. The van der Waals surface area contributed by atoms with Gasteiger partial charge in [0.25, 0.3) is 11.6 Å². The zero-order chi connectivity index (χ0) is 22.0. The molecule has 0 saturated carbocycles. The molecule has 4 rings (SSSR count). The Morgan fingerprint density at radius 1 is 1.10 bits per heavy atom. The first-order valence-electron chi connectivity index (χ1n) is 9.49. The van der Waals surface area contributed by atoms with Crippen LogP contribution in [0.15, 0.2) is 72.8 Å². The minimum Gasteiger partial charge on any atom is -0.457 e. The number of aliphatic hydroxyl groups is 1. The van der Waals surface area contributed by atoms with Crippen molar-refractivity contribution < 1.29 is 24.4 Å². The van der Waals surface area contributed by atoms with E-state index >= 15 is 0 Å². The Kier molecular flexibility index (Phi) is 5.22. The fraction of sp³-hybridized carbons (Fsp3) is 0.130. The lowest BCUT2D eigenvalue weighted by molar-refractivity contribution is -0.384. The molecular weight excluding hydrogens is 400 g/mol. The van der Waals surface area contributed by atoms with Gasteiger partial charge in [-0.3, -0.25) is 14.9 Å². The van der Waals surface area contributed by atoms with Gasteiger partial charge in [0.15, 0.2) is 5.60 Å². The molecule has 31 heavy (non-hydrogen) atoms. The van der Waals surface area contributed by atoms with E-state index in [1.54, 1.807) is 42.5 Å². The molecule has 1 aliphatic heterocycles. The second-order valence-corrected chi connectivity index (χ2v) is 7.23. The summed E-state index contributed by atoms with van der Waals surface area (Å²) in [4.78, 5) is 35.3. The summed E-state index contributed by atoms with van der Waals surface area (Å²) in [5.74, 6) is -1.12. The molecule has 1 aliphatic rings. The Bertz CT molecular complexity index is 1160. The van der Waals surface area contributed by atoms with Crippen LogP contribution in [0.5, 0.6) is 0 Å². The van der Waals surface area contributed by atoms with E-state index < -0.39 is 22.4 Å².